The summed E-state index contributed by atoms with van der Waals surface area (Å²) in [5, 5.41) is 10.3. The van der Waals surface area contributed by atoms with Gasteiger partial charge in [-0.2, -0.15) is 4.31 Å². The number of benzene rings is 2. The number of ether oxygens (including phenoxy) is 1. The zero-order valence-corrected chi connectivity index (χ0v) is 17.9. The molecule has 31 heavy (non-hydrogen) atoms. The number of quaternary nitrogens is 1. The van der Waals surface area contributed by atoms with Gasteiger partial charge in [-0.05, 0) is 31.2 Å². The van der Waals surface area contributed by atoms with E-state index in [1.807, 2.05) is 0 Å². The Morgan fingerprint density at radius 3 is 2.39 bits per heavy atom. The van der Waals surface area contributed by atoms with Crippen LogP contribution in [0.2, 0.25) is 0 Å². The van der Waals surface area contributed by atoms with E-state index >= 15 is 0 Å². The first-order valence-electron chi connectivity index (χ1n) is 9.88. The SMILES string of the molecule is CC(=O)c1cccc(OC[C@@H](O)C[NH+]2CCN(S(=O)(=O)c3c(F)cccc3F)CC2)c1. The minimum Gasteiger partial charge on any atom is -0.491 e. The molecule has 1 aliphatic heterocycles. The van der Waals surface area contributed by atoms with Gasteiger partial charge in [0.1, 0.15) is 36.6 Å². The molecule has 2 aromatic carbocycles. The maximum absolute atomic E-state index is 13.9. The summed E-state index contributed by atoms with van der Waals surface area (Å²) in [4.78, 5) is 11.4. The summed E-state index contributed by atoms with van der Waals surface area (Å²) in [6.45, 7) is 2.73. The fraction of sp³-hybridized carbons (Fsp3) is 0.381. The molecule has 1 fully saturated rings. The van der Waals surface area contributed by atoms with Gasteiger partial charge in [0.05, 0.1) is 26.2 Å². The molecule has 3 rings (SSSR count). The molecule has 0 saturated carbocycles. The molecule has 0 spiro atoms. The van der Waals surface area contributed by atoms with Crippen LogP contribution in [0.25, 0.3) is 0 Å². The van der Waals surface area contributed by atoms with Gasteiger partial charge in [-0.15, -0.1) is 0 Å². The topological polar surface area (TPSA) is 88.3 Å². The average Bonchev–Trinajstić information content (AvgIpc) is 2.72. The lowest BCUT2D eigenvalue weighted by Crippen LogP contribution is -3.15. The van der Waals surface area contributed by atoms with E-state index in [1.54, 1.807) is 24.3 Å². The normalized spacial score (nSPS) is 16.8. The molecular formula is C21H25F2N2O5S+. The lowest BCUT2D eigenvalue weighted by atomic mass is 10.1. The second-order valence-corrected chi connectivity index (χ2v) is 9.33. The fourth-order valence-electron chi connectivity index (χ4n) is 3.49. The molecular weight excluding hydrogens is 430 g/mol. The van der Waals surface area contributed by atoms with Gasteiger partial charge in [0.2, 0.25) is 10.0 Å². The third-order valence-electron chi connectivity index (χ3n) is 5.15. The Morgan fingerprint density at radius 1 is 1.16 bits per heavy atom. The number of nitrogens with zero attached hydrogens (tertiary/aromatic N) is 1. The van der Waals surface area contributed by atoms with E-state index in [0.717, 1.165) is 27.4 Å². The summed E-state index contributed by atoms with van der Waals surface area (Å²) in [7, 11) is -4.28. The minimum atomic E-state index is -4.28. The Morgan fingerprint density at radius 2 is 1.77 bits per heavy atom. The van der Waals surface area contributed by atoms with E-state index in [2.05, 4.69) is 0 Å². The van der Waals surface area contributed by atoms with Crippen LogP contribution in [0.5, 0.6) is 5.75 Å². The molecule has 1 saturated heterocycles. The van der Waals surface area contributed by atoms with Crippen LogP contribution in [-0.2, 0) is 10.0 Å². The second kappa shape index (κ2) is 9.82. The number of hydrogen-bond donors (Lipinski definition) is 2. The van der Waals surface area contributed by atoms with Crippen molar-refractivity contribution in [2.75, 3.05) is 39.3 Å². The Hall–Kier alpha value is -2.40. The van der Waals surface area contributed by atoms with Gasteiger partial charge in [-0.25, -0.2) is 17.2 Å². The molecule has 168 valence electrons. The van der Waals surface area contributed by atoms with Crippen LogP contribution in [0, 0.1) is 11.6 Å². The zero-order valence-electron chi connectivity index (χ0n) is 17.1. The van der Waals surface area contributed by atoms with Crippen LogP contribution in [0.1, 0.15) is 17.3 Å². The number of carbonyl (C=O) groups is 1. The van der Waals surface area contributed by atoms with E-state index in [1.165, 1.54) is 6.92 Å². The number of rotatable bonds is 8. The van der Waals surface area contributed by atoms with Crippen LogP contribution in [-0.4, -0.2) is 69.0 Å². The molecule has 0 aromatic heterocycles. The molecule has 1 heterocycles. The Kier molecular flexibility index (Phi) is 7.37. The van der Waals surface area contributed by atoms with Gasteiger partial charge < -0.3 is 14.7 Å². The minimum absolute atomic E-state index is 0.0211. The van der Waals surface area contributed by atoms with Crippen molar-refractivity contribution in [3.63, 3.8) is 0 Å². The third kappa shape index (κ3) is 5.65. The van der Waals surface area contributed by atoms with Crippen molar-refractivity contribution in [3.8, 4) is 5.75 Å². The highest BCUT2D eigenvalue weighted by atomic mass is 32.2. The Bertz CT molecular complexity index is 1020. The van der Waals surface area contributed by atoms with Gasteiger partial charge in [-0.3, -0.25) is 4.79 Å². The van der Waals surface area contributed by atoms with Crippen molar-refractivity contribution < 1.29 is 36.7 Å². The van der Waals surface area contributed by atoms with Gasteiger partial charge >= 0.3 is 0 Å². The maximum Gasteiger partial charge on any atom is 0.249 e. The van der Waals surface area contributed by atoms with Crippen LogP contribution < -0.4 is 9.64 Å². The standard InChI is InChI=1S/C21H24F2N2O5S/c1-15(26)16-4-2-5-18(12-16)30-14-17(27)13-24-8-10-25(11-9-24)31(28,29)21-19(22)6-3-7-20(21)23/h2-7,12,17,27H,8-11,13-14H2,1H3/p+1/t17-/m0/s1. The number of sulfonamides is 1. The number of hydrogen-bond acceptors (Lipinski definition) is 5. The summed E-state index contributed by atoms with van der Waals surface area (Å²) < 4.78 is 59.7. The molecule has 0 bridgehead atoms. The number of carbonyl (C=O) groups excluding carboxylic acids is 1. The predicted octanol–water partition coefficient (Wildman–Crippen LogP) is 0.497. The van der Waals surface area contributed by atoms with Crippen molar-refractivity contribution in [1.82, 2.24) is 4.31 Å². The third-order valence-corrected chi connectivity index (χ3v) is 7.10. The lowest BCUT2D eigenvalue weighted by molar-refractivity contribution is -0.906. The molecule has 0 radical (unpaired) electrons. The van der Waals surface area contributed by atoms with Gasteiger partial charge in [0.15, 0.2) is 10.7 Å². The predicted molar refractivity (Wildman–Crippen MR) is 109 cm³/mol. The Balaban J connectivity index is 1.52. The monoisotopic (exact) mass is 455 g/mol. The smallest absolute Gasteiger partial charge is 0.249 e. The van der Waals surface area contributed by atoms with Gasteiger partial charge in [0.25, 0.3) is 0 Å². The van der Waals surface area contributed by atoms with E-state index in [4.69, 9.17) is 4.74 Å². The number of ketones is 1. The highest BCUT2D eigenvalue weighted by Gasteiger charge is 2.34. The number of piperazine rings is 1. The maximum atomic E-state index is 13.9. The highest BCUT2D eigenvalue weighted by molar-refractivity contribution is 7.89. The van der Waals surface area contributed by atoms with Crippen molar-refractivity contribution in [2.24, 2.45) is 0 Å². The molecule has 0 amide bonds. The van der Waals surface area contributed by atoms with E-state index < -0.39 is 32.7 Å². The number of Topliss-reactive ketones (excluding diaryl/α,β-unsaturated/α-hetero) is 1. The second-order valence-electron chi connectivity index (χ2n) is 7.46. The van der Waals surface area contributed by atoms with Crippen LogP contribution >= 0.6 is 0 Å². The summed E-state index contributed by atoms with van der Waals surface area (Å²) in [6, 6.07) is 9.62. The fourth-order valence-corrected chi connectivity index (χ4v) is 5.04. The Labute approximate surface area is 179 Å². The molecule has 10 heteroatoms. The highest BCUT2D eigenvalue weighted by Crippen LogP contribution is 2.22. The van der Waals surface area contributed by atoms with E-state index in [0.29, 0.717) is 30.9 Å². The van der Waals surface area contributed by atoms with Gasteiger partial charge in [0, 0.05) is 5.56 Å². The quantitative estimate of drug-likeness (QED) is 0.566. The first kappa shape index (κ1) is 23.3. The largest absolute Gasteiger partial charge is 0.491 e. The van der Waals surface area contributed by atoms with Crippen molar-refractivity contribution >= 4 is 15.8 Å². The summed E-state index contributed by atoms with van der Waals surface area (Å²) in [5.41, 5.74) is 0.515. The van der Waals surface area contributed by atoms with Crippen LogP contribution in [0.15, 0.2) is 47.4 Å². The average molecular weight is 456 g/mol. The number of aliphatic hydroxyl groups is 1. The van der Waals surface area contributed by atoms with Crippen molar-refractivity contribution in [1.29, 1.82) is 0 Å². The zero-order chi connectivity index (χ0) is 22.6. The van der Waals surface area contributed by atoms with Crippen molar-refractivity contribution in [2.45, 2.75) is 17.9 Å². The van der Waals surface area contributed by atoms with Crippen molar-refractivity contribution in [3.05, 3.63) is 59.7 Å². The van der Waals surface area contributed by atoms with E-state index in [-0.39, 0.29) is 25.5 Å². The van der Waals surface area contributed by atoms with Crippen LogP contribution in [0.4, 0.5) is 8.78 Å². The summed E-state index contributed by atoms with van der Waals surface area (Å²) >= 11 is 0. The molecule has 0 unspecified atom stereocenters. The first-order valence-corrected chi connectivity index (χ1v) is 11.3. The molecule has 7 nitrogen and oxygen atoms in total. The lowest BCUT2D eigenvalue weighted by Gasteiger charge is -2.32. The number of halogens is 2. The number of aliphatic hydroxyl groups excluding tert-OH is 1. The molecule has 1 aliphatic rings. The van der Waals surface area contributed by atoms with Gasteiger partial charge in [-0.1, -0.05) is 18.2 Å². The summed E-state index contributed by atoms with van der Waals surface area (Å²) in [6.07, 6.45) is -0.803. The molecule has 2 aromatic rings. The molecule has 0 aliphatic carbocycles. The van der Waals surface area contributed by atoms with E-state index in [9.17, 15) is 27.1 Å². The van der Waals surface area contributed by atoms with Crippen LogP contribution in [0.3, 0.4) is 0 Å². The molecule has 2 N–H and O–H groups in total. The molecule has 1 atom stereocenters. The number of nitrogens with one attached hydrogen (secondary N) is 1. The first-order chi connectivity index (χ1) is 14.7. The summed E-state index contributed by atoms with van der Waals surface area (Å²) in [5.74, 6) is -1.84.